The summed E-state index contributed by atoms with van der Waals surface area (Å²) in [5.41, 5.74) is 3.96. The predicted octanol–water partition coefficient (Wildman–Crippen LogP) is 2.84. The van der Waals surface area contributed by atoms with E-state index in [1.807, 2.05) is 34.6 Å². The van der Waals surface area contributed by atoms with Crippen molar-refractivity contribution in [1.82, 2.24) is 14.5 Å². The highest BCUT2D eigenvalue weighted by Crippen LogP contribution is 2.31. The Labute approximate surface area is 182 Å². The molecule has 1 saturated carbocycles. The molecule has 2 aliphatic rings. The fraction of sp³-hybridized carbons (Fsp3) is 0.455. The molecule has 0 spiro atoms. The Morgan fingerprint density at radius 1 is 1.12 bits per heavy atom. The third-order valence-electron chi connectivity index (χ3n) is 5.48. The van der Waals surface area contributed by atoms with Crippen LogP contribution in [0.1, 0.15) is 40.2 Å². The van der Waals surface area contributed by atoms with Crippen LogP contribution in [-0.4, -0.2) is 50.7 Å². The maximum absolute atomic E-state index is 12.8. The summed E-state index contributed by atoms with van der Waals surface area (Å²) < 4.78 is 33.7. The lowest BCUT2D eigenvalue weighted by Crippen LogP contribution is -2.33. The summed E-state index contributed by atoms with van der Waals surface area (Å²) in [6, 6.07) is 7.34. The van der Waals surface area contributed by atoms with Crippen molar-refractivity contribution in [2.45, 2.75) is 45.3 Å². The first-order chi connectivity index (χ1) is 15.1. The number of hydrogen-bond acceptors (Lipinski definition) is 4. The second kappa shape index (κ2) is 9.54. The number of pyridine rings is 2. The van der Waals surface area contributed by atoms with Gasteiger partial charge in [0.25, 0.3) is 11.5 Å². The normalized spacial score (nSPS) is 15.8. The first-order valence-corrected chi connectivity index (χ1v) is 10.3. The van der Waals surface area contributed by atoms with Crippen LogP contribution in [0.2, 0.25) is 0 Å². The van der Waals surface area contributed by atoms with Crippen LogP contribution in [0, 0.1) is 12.8 Å². The molecule has 10 heteroatoms. The SMILES string of the molecule is Cc1ccc(C(=O)N2CCc3ccc(=O)n(CC4CC4)c3CC2)cn1.O=C(O)C(F)(F)F. The highest BCUT2D eigenvalue weighted by atomic mass is 19.4. The topological polar surface area (TPSA) is 92.5 Å². The lowest BCUT2D eigenvalue weighted by molar-refractivity contribution is -0.192. The number of carbonyl (C=O) groups is 2. The highest BCUT2D eigenvalue weighted by molar-refractivity contribution is 5.94. The van der Waals surface area contributed by atoms with Gasteiger partial charge in [-0.2, -0.15) is 13.2 Å². The second-order valence-corrected chi connectivity index (χ2v) is 7.98. The fourth-order valence-electron chi connectivity index (χ4n) is 3.53. The van der Waals surface area contributed by atoms with Gasteiger partial charge in [0.2, 0.25) is 0 Å². The van der Waals surface area contributed by atoms with Crippen LogP contribution in [0.25, 0.3) is 0 Å². The summed E-state index contributed by atoms with van der Waals surface area (Å²) in [5, 5.41) is 7.12. The molecule has 0 unspecified atom stereocenters. The average molecular weight is 451 g/mol. The standard InChI is InChI=1S/C20H23N3O2.C2HF3O2/c1-14-2-5-17(12-21-14)20(25)22-10-8-16-6-7-19(24)23(13-15-3-4-15)18(16)9-11-22;3-2(4,5)1(6)7/h2,5-7,12,15H,3-4,8-11,13H2,1H3;(H,6,7). The number of carboxylic acids is 1. The van der Waals surface area contributed by atoms with Gasteiger partial charge in [0.1, 0.15) is 0 Å². The summed E-state index contributed by atoms with van der Waals surface area (Å²) in [6.07, 6.45) is 0.551. The van der Waals surface area contributed by atoms with Crippen molar-refractivity contribution in [3.05, 3.63) is 63.3 Å². The lowest BCUT2D eigenvalue weighted by atomic mass is 10.1. The van der Waals surface area contributed by atoms with E-state index in [1.54, 1.807) is 12.3 Å². The maximum Gasteiger partial charge on any atom is 0.490 e. The Bertz CT molecular complexity index is 1040. The summed E-state index contributed by atoms with van der Waals surface area (Å²) >= 11 is 0. The van der Waals surface area contributed by atoms with E-state index < -0.39 is 12.1 Å². The van der Waals surface area contributed by atoms with E-state index in [4.69, 9.17) is 9.90 Å². The number of carbonyl (C=O) groups excluding carboxylic acids is 1. The molecular weight excluding hydrogens is 427 g/mol. The molecule has 0 bridgehead atoms. The minimum Gasteiger partial charge on any atom is -0.475 e. The van der Waals surface area contributed by atoms with Gasteiger partial charge in [-0.05, 0) is 49.8 Å². The Hall–Kier alpha value is -3.17. The van der Waals surface area contributed by atoms with Crippen molar-refractivity contribution in [2.75, 3.05) is 13.1 Å². The fourth-order valence-corrected chi connectivity index (χ4v) is 3.53. The summed E-state index contributed by atoms with van der Waals surface area (Å²) in [7, 11) is 0. The Morgan fingerprint density at radius 2 is 1.78 bits per heavy atom. The number of halogens is 3. The van der Waals surface area contributed by atoms with Gasteiger partial charge in [-0.3, -0.25) is 14.6 Å². The molecular formula is C22H24F3N3O4. The van der Waals surface area contributed by atoms with Crippen LogP contribution in [0.3, 0.4) is 0 Å². The van der Waals surface area contributed by atoms with Gasteiger partial charge in [0.15, 0.2) is 0 Å². The zero-order valence-electron chi connectivity index (χ0n) is 17.6. The van der Waals surface area contributed by atoms with Crippen LogP contribution < -0.4 is 5.56 Å². The first-order valence-electron chi connectivity index (χ1n) is 10.3. The third kappa shape index (κ3) is 5.95. The van der Waals surface area contributed by atoms with Crippen molar-refractivity contribution >= 4 is 11.9 Å². The highest BCUT2D eigenvalue weighted by Gasteiger charge is 2.38. The second-order valence-electron chi connectivity index (χ2n) is 7.98. The largest absolute Gasteiger partial charge is 0.490 e. The van der Waals surface area contributed by atoms with Crippen LogP contribution >= 0.6 is 0 Å². The monoisotopic (exact) mass is 451 g/mol. The molecule has 32 heavy (non-hydrogen) atoms. The predicted molar refractivity (Wildman–Crippen MR) is 109 cm³/mol. The molecule has 3 heterocycles. The van der Waals surface area contributed by atoms with E-state index in [9.17, 15) is 22.8 Å². The number of nitrogens with zero attached hydrogens (tertiary/aromatic N) is 3. The zero-order chi connectivity index (χ0) is 23.5. The zero-order valence-corrected chi connectivity index (χ0v) is 17.6. The molecule has 1 amide bonds. The van der Waals surface area contributed by atoms with Crippen LogP contribution in [0.4, 0.5) is 13.2 Å². The molecule has 1 aliphatic heterocycles. The van der Waals surface area contributed by atoms with Crippen molar-refractivity contribution in [3.8, 4) is 0 Å². The Balaban J connectivity index is 0.000000360. The average Bonchev–Trinajstić information content (AvgIpc) is 3.56. The van der Waals surface area contributed by atoms with E-state index in [-0.39, 0.29) is 11.5 Å². The molecule has 1 aliphatic carbocycles. The van der Waals surface area contributed by atoms with Crippen LogP contribution in [0.5, 0.6) is 0 Å². The third-order valence-corrected chi connectivity index (χ3v) is 5.48. The summed E-state index contributed by atoms with van der Waals surface area (Å²) in [4.78, 5) is 40.1. The maximum atomic E-state index is 12.8. The number of amides is 1. The van der Waals surface area contributed by atoms with E-state index in [1.165, 1.54) is 18.4 Å². The number of aromatic nitrogens is 2. The van der Waals surface area contributed by atoms with Gasteiger partial charge in [0, 0.05) is 49.7 Å². The molecule has 4 rings (SSSR count). The molecule has 0 radical (unpaired) electrons. The molecule has 7 nitrogen and oxygen atoms in total. The smallest absolute Gasteiger partial charge is 0.475 e. The molecule has 1 fully saturated rings. The van der Waals surface area contributed by atoms with E-state index in [0.29, 0.717) is 24.6 Å². The number of aryl methyl sites for hydroxylation is 1. The van der Waals surface area contributed by atoms with Gasteiger partial charge in [-0.15, -0.1) is 0 Å². The number of hydrogen-bond donors (Lipinski definition) is 1. The van der Waals surface area contributed by atoms with Crippen molar-refractivity contribution in [1.29, 1.82) is 0 Å². The van der Waals surface area contributed by atoms with Crippen LogP contribution in [-0.2, 0) is 24.2 Å². The summed E-state index contributed by atoms with van der Waals surface area (Å²) in [5.74, 6) is -2.08. The molecule has 2 aromatic rings. The van der Waals surface area contributed by atoms with Crippen molar-refractivity contribution in [3.63, 3.8) is 0 Å². The minimum atomic E-state index is -5.08. The molecule has 0 saturated heterocycles. The molecule has 1 N–H and O–H groups in total. The number of aliphatic carboxylic acids is 1. The number of rotatable bonds is 3. The van der Waals surface area contributed by atoms with Crippen LogP contribution in [0.15, 0.2) is 35.3 Å². The molecule has 0 aromatic carbocycles. The first kappa shape index (κ1) is 23.5. The van der Waals surface area contributed by atoms with Gasteiger partial charge in [0.05, 0.1) is 5.56 Å². The molecule has 172 valence electrons. The van der Waals surface area contributed by atoms with Crippen molar-refractivity contribution < 1.29 is 27.9 Å². The Morgan fingerprint density at radius 3 is 2.34 bits per heavy atom. The molecule has 2 aromatic heterocycles. The lowest BCUT2D eigenvalue weighted by Gasteiger charge is -2.20. The van der Waals surface area contributed by atoms with Gasteiger partial charge in [-0.1, -0.05) is 6.07 Å². The molecule has 0 atom stereocenters. The quantitative estimate of drug-likeness (QED) is 0.775. The van der Waals surface area contributed by atoms with E-state index >= 15 is 0 Å². The Kier molecular flexibility index (Phi) is 7.00. The van der Waals surface area contributed by atoms with Gasteiger partial charge in [-0.25, -0.2) is 4.79 Å². The minimum absolute atomic E-state index is 0.0244. The van der Waals surface area contributed by atoms with E-state index in [2.05, 4.69) is 4.98 Å². The van der Waals surface area contributed by atoms with Gasteiger partial charge >= 0.3 is 12.1 Å². The van der Waals surface area contributed by atoms with Gasteiger partial charge < -0.3 is 14.6 Å². The summed E-state index contributed by atoms with van der Waals surface area (Å²) in [6.45, 7) is 4.07. The number of alkyl halides is 3. The number of fused-ring (bicyclic) bond motifs is 1. The van der Waals surface area contributed by atoms with Crippen molar-refractivity contribution in [2.24, 2.45) is 5.92 Å². The number of carboxylic acid groups (broad SMARTS) is 1. The van der Waals surface area contributed by atoms with E-state index in [0.717, 1.165) is 30.8 Å².